The van der Waals surface area contributed by atoms with Crippen molar-refractivity contribution in [2.45, 2.75) is 6.92 Å². The first-order chi connectivity index (χ1) is 15.5. The van der Waals surface area contributed by atoms with Crippen molar-refractivity contribution in [2.24, 2.45) is 0 Å². The monoisotopic (exact) mass is 430 g/mol. The highest BCUT2D eigenvalue weighted by atomic mass is 16.5. The molecule has 7 nitrogen and oxygen atoms in total. The molecule has 2 N–H and O–H groups in total. The fourth-order valence-electron chi connectivity index (χ4n) is 3.15. The predicted molar refractivity (Wildman–Crippen MR) is 122 cm³/mol. The lowest BCUT2D eigenvalue weighted by Gasteiger charge is -2.09. The number of anilines is 2. The number of carbonyl (C=O) groups is 2. The molecule has 0 atom stereocenters. The molecular weight excluding hydrogens is 408 g/mol. The zero-order valence-electron chi connectivity index (χ0n) is 17.7. The molecule has 4 rings (SSSR count). The van der Waals surface area contributed by atoms with Gasteiger partial charge in [-0.25, -0.2) is 0 Å². The first-order valence-electron chi connectivity index (χ1n) is 10.00. The zero-order valence-corrected chi connectivity index (χ0v) is 17.7. The lowest BCUT2D eigenvalue weighted by molar-refractivity contribution is -0.118. The Bertz CT molecular complexity index is 1240. The van der Waals surface area contributed by atoms with E-state index in [2.05, 4.69) is 10.6 Å². The van der Waals surface area contributed by atoms with Gasteiger partial charge in [0.25, 0.3) is 11.8 Å². The van der Waals surface area contributed by atoms with Gasteiger partial charge in [-0.15, -0.1) is 0 Å². The Balaban J connectivity index is 1.52. The Hall–Kier alpha value is -4.26. The topological polar surface area (TPSA) is 89.8 Å². The Kier molecular flexibility index (Phi) is 6.07. The fourth-order valence-corrected chi connectivity index (χ4v) is 3.15. The Morgan fingerprint density at radius 3 is 2.28 bits per heavy atom. The Labute approximate surface area is 184 Å². The third-order valence-electron chi connectivity index (χ3n) is 4.80. The van der Waals surface area contributed by atoms with E-state index in [4.69, 9.17) is 13.9 Å². The lowest BCUT2D eigenvalue weighted by Crippen LogP contribution is -2.22. The van der Waals surface area contributed by atoms with Gasteiger partial charge in [0, 0.05) is 11.1 Å². The maximum Gasteiger partial charge on any atom is 0.293 e. The molecule has 0 spiro atoms. The van der Waals surface area contributed by atoms with E-state index in [0.29, 0.717) is 33.8 Å². The minimum Gasteiger partial charge on any atom is -0.497 e. The standard InChI is InChI=1S/C25H22N2O5/c1-16-7-9-17(10-8-16)26-25(29)24-23(20-5-3-4-6-21(20)32-24)27-22(28)15-31-19-13-11-18(30-2)12-14-19/h3-14H,15H2,1-2H3,(H,26,29)(H,27,28). The van der Waals surface area contributed by atoms with E-state index < -0.39 is 11.8 Å². The van der Waals surface area contributed by atoms with Gasteiger partial charge in [0.15, 0.2) is 6.61 Å². The van der Waals surface area contributed by atoms with Crippen LogP contribution in [0.1, 0.15) is 16.1 Å². The number of aryl methyl sites for hydroxylation is 1. The minimum absolute atomic E-state index is 0.0181. The Morgan fingerprint density at radius 1 is 0.875 bits per heavy atom. The van der Waals surface area contributed by atoms with Crippen molar-refractivity contribution >= 4 is 34.2 Å². The second-order valence-corrected chi connectivity index (χ2v) is 7.13. The third kappa shape index (κ3) is 4.73. The van der Waals surface area contributed by atoms with Crippen molar-refractivity contribution in [3.05, 3.63) is 84.1 Å². The number of methoxy groups -OCH3 is 1. The highest BCUT2D eigenvalue weighted by Gasteiger charge is 2.22. The molecule has 0 fully saturated rings. The molecule has 162 valence electrons. The van der Waals surface area contributed by atoms with Gasteiger partial charge in [-0.3, -0.25) is 9.59 Å². The second kappa shape index (κ2) is 9.26. The summed E-state index contributed by atoms with van der Waals surface area (Å²) in [4.78, 5) is 25.5. The lowest BCUT2D eigenvalue weighted by atomic mass is 10.2. The van der Waals surface area contributed by atoms with E-state index >= 15 is 0 Å². The number of hydrogen-bond donors (Lipinski definition) is 2. The number of hydrogen-bond acceptors (Lipinski definition) is 5. The second-order valence-electron chi connectivity index (χ2n) is 7.13. The molecule has 4 aromatic rings. The highest BCUT2D eigenvalue weighted by Crippen LogP contribution is 2.31. The average molecular weight is 430 g/mol. The molecule has 0 aliphatic heterocycles. The Morgan fingerprint density at radius 2 is 1.56 bits per heavy atom. The van der Waals surface area contributed by atoms with Gasteiger partial charge < -0.3 is 24.5 Å². The van der Waals surface area contributed by atoms with Gasteiger partial charge >= 0.3 is 0 Å². The molecule has 32 heavy (non-hydrogen) atoms. The summed E-state index contributed by atoms with van der Waals surface area (Å²) in [6.07, 6.45) is 0. The number of furan rings is 1. The van der Waals surface area contributed by atoms with E-state index in [0.717, 1.165) is 5.56 Å². The van der Waals surface area contributed by atoms with Gasteiger partial charge in [0.2, 0.25) is 5.76 Å². The van der Waals surface area contributed by atoms with Crippen molar-refractivity contribution < 1.29 is 23.5 Å². The molecule has 1 heterocycles. The summed E-state index contributed by atoms with van der Waals surface area (Å²) in [5.41, 5.74) is 2.50. The van der Waals surface area contributed by atoms with Crippen molar-refractivity contribution in [1.29, 1.82) is 0 Å². The molecule has 0 unspecified atom stereocenters. The van der Waals surface area contributed by atoms with Crippen LogP contribution in [0.3, 0.4) is 0 Å². The smallest absolute Gasteiger partial charge is 0.293 e. The van der Waals surface area contributed by atoms with Crippen LogP contribution < -0.4 is 20.1 Å². The summed E-state index contributed by atoms with van der Waals surface area (Å²) >= 11 is 0. The van der Waals surface area contributed by atoms with Crippen LogP contribution in [0.15, 0.2) is 77.2 Å². The SMILES string of the molecule is COc1ccc(OCC(=O)Nc2c(C(=O)Nc3ccc(C)cc3)oc3ccccc23)cc1. The van der Waals surface area contributed by atoms with Crippen LogP contribution in [0.25, 0.3) is 11.0 Å². The number of nitrogens with one attached hydrogen (secondary N) is 2. The third-order valence-corrected chi connectivity index (χ3v) is 4.80. The fraction of sp³-hybridized carbons (Fsp3) is 0.120. The quantitative estimate of drug-likeness (QED) is 0.430. The highest BCUT2D eigenvalue weighted by molar-refractivity contribution is 6.14. The van der Waals surface area contributed by atoms with Crippen LogP contribution in [0, 0.1) is 6.92 Å². The predicted octanol–water partition coefficient (Wildman–Crippen LogP) is 5.02. The molecule has 0 saturated heterocycles. The van der Waals surface area contributed by atoms with E-state index in [9.17, 15) is 9.59 Å². The summed E-state index contributed by atoms with van der Waals surface area (Å²) < 4.78 is 16.4. The molecule has 7 heteroatoms. The number of benzene rings is 3. The number of rotatable bonds is 7. The largest absolute Gasteiger partial charge is 0.497 e. The summed E-state index contributed by atoms with van der Waals surface area (Å²) in [6.45, 7) is 1.73. The first-order valence-corrected chi connectivity index (χ1v) is 10.00. The zero-order chi connectivity index (χ0) is 22.5. The van der Waals surface area contributed by atoms with Crippen molar-refractivity contribution in [2.75, 3.05) is 24.4 Å². The summed E-state index contributed by atoms with van der Waals surface area (Å²) in [6, 6.07) is 21.4. The first kappa shape index (κ1) is 21.0. The van der Waals surface area contributed by atoms with Crippen molar-refractivity contribution in [3.8, 4) is 11.5 Å². The molecule has 0 radical (unpaired) electrons. The molecule has 0 saturated carbocycles. The van der Waals surface area contributed by atoms with Crippen LogP contribution in [-0.2, 0) is 4.79 Å². The van der Waals surface area contributed by atoms with Gasteiger partial charge in [0.1, 0.15) is 22.8 Å². The molecule has 0 aliphatic carbocycles. The van der Waals surface area contributed by atoms with E-state index in [1.165, 1.54) is 0 Å². The molecular formula is C25H22N2O5. The molecule has 0 aliphatic rings. The van der Waals surface area contributed by atoms with E-state index in [1.54, 1.807) is 61.7 Å². The van der Waals surface area contributed by atoms with Crippen LogP contribution >= 0.6 is 0 Å². The molecule has 0 bridgehead atoms. The normalized spacial score (nSPS) is 10.6. The van der Waals surface area contributed by atoms with E-state index in [-0.39, 0.29) is 12.4 Å². The van der Waals surface area contributed by atoms with Crippen LogP contribution in [0.4, 0.5) is 11.4 Å². The molecule has 3 aromatic carbocycles. The van der Waals surface area contributed by atoms with Gasteiger partial charge in [-0.05, 0) is 55.5 Å². The van der Waals surface area contributed by atoms with Crippen molar-refractivity contribution in [1.82, 2.24) is 0 Å². The molecule has 2 amide bonds. The van der Waals surface area contributed by atoms with Gasteiger partial charge in [-0.2, -0.15) is 0 Å². The van der Waals surface area contributed by atoms with Crippen molar-refractivity contribution in [3.63, 3.8) is 0 Å². The number of fused-ring (bicyclic) bond motifs is 1. The van der Waals surface area contributed by atoms with Crippen LogP contribution in [0.2, 0.25) is 0 Å². The number of amides is 2. The minimum atomic E-state index is -0.462. The summed E-state index contributed by atoms with van der Waals surface area (Å²) in [5, 5.41) is 6.18. The van der Waals surface area contributed by atoms with E-state index in [1.807, 2.05) is 25.1 Å². The molecule has 1 aromatic heterocycles. The average Bonchev–Trinajstić information content (AvgIpc) is 3.18. The van der Waals surface area contributed by atoms with Gasteiger partial charge in [0.05, 0.1) is 7.11 Å². The summed E-state index contributed by atoms with van der Waals surface area (Å²) in [7, 11) is 1.57. The van der Waals surface area contributed by atoms with Crippen LogP contribution in [0.5, 0.6) is 11.5 Å². The maximum atomic E-state index is 12.9. The number of para-hydroxylation sites is 1. The van der Waals surface area contributed by atoms with Gasteiger partial charge in [-0.1, -0.05) is 29.8 Å². The van der Waals surface area contributed by atoms with Crippen LogP contribution in [-0.4, -0.2) is 25.5 Å². The number of ether oxygens (including phenoxy) is 2. The summed E-state index contributed by atoms with van der Waals surface area (Å²) in [5.74, 6) is 0.351. The maximum absolute atomic E-state index is 12.9. The number of carbonyl (C=O) groups excluding carboxylic acids is 2.